The highest BCUT2D eigenvalue weighted by molar-refractivity contribution is 5.94. The van der Waals surface area contributed by atoms with Crippen molar-refractivity contribution in [3.8, 4) is 33.9 Å². The van der Waals surface area contributed by atoms with Crippen molar-refractivity contribution in [3.63, 3.8) is 0 Å². The van der Waals surface area contributed by atoms with Gasteiger partial charge in [0.15, 0.2) is 17.5 Å². The van der Waals surface area contributed by atoms with Gasteiger partial charge in [-0.2, -0.15) is 0 Å². The Balaban J connectivity index is 1.05. The van der Waals surface area contributed by atoms with Crippen LogP contribution in [0.5, 0.6) is 0 Å². The molecule has 1 aromatic heterocycles. The van der Waals surface area contributed by atoms with E-state index in [0.717, 1.165) is 52.9 Å². The molecule has 3 aromatic carbocycles. The number of rotatable bonds is 7. The Labute approximate surface area is 301 Å². The molecule has 51 heavy (non-hydrogen) atoms. The third-order valence-electron chi connectivity index (χ3n) is 10.2. The highest BCUT2D eigenvalue weighted by atomic mass is 15.1. The number of benzene rings is 3. The second-order valence-electron chi connectivity index (χ2n) is 14.1. The first-order valence-corrected chi connectivity index (χ1v) is 18.1. The van der Waals surface area contributed by atoms with Gasteiger partial charge >= 0.3 is 0 Å². The summed E-state index contributed by atoms with van der Waals surface area (Å²) in [6.45, 7) is 6.41. The van der Waals surface area contributed by atoms with Crippen molar-refractivity contribution in [2.24, 2.45) is 22.7 Å². The first-order valence-electron chi connectivity index (χ1n) is 18.1. The number of nitrogens with zero attached hydrogens (tertiary/aromatic N) is 4. The molecule has 3 aliphatic carbocycles. The van der Waals surface area contributed by atoms with Crippen molar-refractivity contribution >= 4 is 16.9 Å². The molecular formula is C46H43N5. The second-order valence-corrected chi connectivity index (χ2v) is 14.1. The molecule has 8 rings (SSSR count). The van der Waals surface area contributed by atoms with Crippen LogP contribution in [-0.4, -0.2) is 26.8 Å². The minimum absolute atomic E-state index is 0.00331. The summed E-state index contributed by atoms with van der Waals surface area (Å²) in [5.74, 6) is 3.50. The molecule has 0 saturated heterocycles. The molecule has 4 unspecified atom stereocenters. The van der Waals surface area contributed by atoms with Crippen LogP contribution in [0.15, 0.2) is 156 Å². The van der Waals surface area contributed by atoms with Crippen LogP contribution >= 0.6 is 0 Å². The Kier molecular flexibility index (Phi) is 9.11. The van der Waals surface area contributed by atoms with E-state index in [2.05, 4.69) is 160 Å². The van der Waals surface area contributed by atoms with Crippen LogP contribution < -0.4 is 5.32 Å². The van der Waals surface area contributed by atoms with Crippen LogP contribution in [0.2, 0.25) is 0 Å². The predicted octanol–water partition coefficient (Wildman–Crippen LogP) is 10.6. The van der Waals surface area contributed by atoms with Crippen molar-refractivity contribution in [3.05, 3.63) is 162 Å². The molecule has 4 aromatic rings. The summed E-state index contributed by atoms with van der Waals surface area (Å²) < 4.78 is 0. The number of allylic oxidation sites excluding steroid dienone is 12. The lowest BCUT2D eigenvalue weighted by molar-refractivity contribution is 0.474. The fourth-order valence-electron chi connectivity index (χ4n) is 7.25. The Hall–Kier alpha value is -5.68. The summed E-state index contributed by atoms with van der Waals surface area (Å²) in [7, 11) is 0. The lowest BCUT2D eigenvalue weighted by Crippen LogP contribution is -2.32. The van der Waals surface area contributed by atoms with Crippen molar-refractivity contribution in [1.29, 1.82) is 0 Å². The smallest absolute Gasteiger partial charge is 0.164 e. The van der Waals surface area contributed by atoms with Crippen molar-refractivity contribution in [2.75, 3.05) is 0 Å². The fourth-order valence-corrected chi connectivity index (χ4v) is 7.25. The normalized spacial score (nSPS) is 22.7. The fraction of sp³-hybridized carbons (Fsp3) is 0.217. The van der Waals surface area contributed by atoms with Gasteiger partial charge in [0.25, 0.3) is 0 Å². The number of hydrogen-bond donors (Lipinski definition) is 1. The first kappa shape index (κ1) is 32.5. The number of aromatic nitrogens is 3. The van der Waals surface area contributed by atoms with Crippen LogP contribution in [0.1, 0.15) is 51.4 Å². The Morgan fingerprint density at radius 1 is 0.549 bits per heavy atom. The van der Waals surface area contributed by atoms with Crippen LogP contribution in [-0.2, 0) is 0 Å². The summed E-state index contributed by atoms with van der Waals surface area (Å²) in [4.78, 5) is 20.0. The molecule has 0 amide bonds. The summed E-state index contributed by atoms with van der Waals surface area (Å²) in [6.07, 6.45) is 25.8. The molecular weight excluding hydrogens is 623 g/mol. The molecule has 0 bridgehead atoms. The summed E-state index contributed by atoms with van der Waals surface area (Å²) in [5, 5.41) is 3.50. The van der Waals surface area contributed by atoms with Gasteiger partial charge in [-0.1, -0.05) is 140 Å². The zero-order valence-corrected chi connectivity index (χ0v) is 29.5. The molecule has 5 nitrogen and oxygen atoms in total. The van der Waals surface area contributed by atoms with E-state index in [-0.39, 0.29) is 6.17 Å². The largest absolute Gasteiger partial charge is 0.364 e. The van der Waals surface area contributed by atoms with Gasteiger partial charge in [-0.25, -0.2) is 15.0 Å². The van der Waals surface area contributed by atoms with Crippen molar-refractivity contribution in [2.45, 2.75) is 46.2 Å². The van der Waals surface area contributed by atoms with E-state index in [0.29, 0.717) is 35.2 Å². The van der Waals surface area contributed by atoms with Crippen LogP contribution in [0.4, 0.5) is 0 Å². The number of hydrogen-bond acceptors (Lipinski definition) is 5. The van der Waals surface area contributed by atoms with Crippen LogP contribution in [0.3, 0.4) is 0 Å². The van der Waals surface area contributed by atoms with E-state index < -0.39 is 0 Å². The van der Waals surface area contributed by atoms with Gasteiger partial charge < -0.3 is 5.32 Å². The van der Waals surface area contributed by atoms with E-state index in [9.17, 15) is 0 Å². The molecule has 1 aliphatic heterocycles. The molecule has 1 N–H and O–H groups in total. The van der Waals surface area contributed by atoms with Gasteiger partial charge in [0.2, 0.25) is 0 Å². The molecule has 4 atom stereocenters. The highest BCUT2D eigenvalue weighted by Gasteiger charge is 2.24. The summed E-state index contributed by atoms with van der Waals surface area (Å²) >= 11 is 0. The van der Waals surface area contributed by atoms with Gasteiger partial charge in [-0.05, 0) is 84.8 Å². The average Bonchev–Trinajstić information content (AvgIpc) is 3.18. The maximum Gasteiger partial charge on any atom is 0.164 e. The van der Waals surface area contributed by atoms with Crippen molar-refractivity contribution in [1.82, 2.24) is 20.3 Å². The number of aliphatic imine (C=N–C) groups is 1. The monoisotopic (exact) mass is 665 g/mol. The third-order valence-corrected chi connectivity index (χ3v) is 10.2. The molecule has 5 heteroatoms. The van der Waals surface area contributed by atoms with Crippen LogP contribution in [0.25, 0.3) is 45.0 Å². The van der Waals surface area contributed by atoms with E-state index in [4.69, 9.17) is 19.9 Å². The predicted molar refractivity (Wildman–Crippen MR) is 211 cm³/mol. The Morgan fingerprint density at radius 3 is 1.71 bits per heavy atom. The van der Waals surface area contributed by atoms with E-state index >= 15 is 0 Å². The van der Waals surface area contributed by atoms with Gasteiger partial charge in [-0.3, -0.25) is 4.99 Å². The van der Waals surface area contributed by atoms with Gasteiger partial charge in [0, 0.05) is 28.1 Å². The highest BCUT2D eigenvalue weighted by Crippen LogP contribution is 2.35. The minimum atomic E-state index is 0.00331. The lowest BCUT2D eigenvalue weighted by atomic mass is 9.80. The molecule has 0 saturated carbocycles. The molecule has 252 valence electrons. The standard InChI is InChI=1S/C46H43N5/c1-30-9-11-34(12-10-30)36-17-25-41(26-18-36)45-49-44(40-23-13-35(14-24-40)33-7-5-4-6-8-33)50-46(51-45)42-27-19-38(20-28-42)37-15-21-39(22-16-37)43-47-31(2)29-32(3)48-43/h4-9,11-15,17-19,21-30,37-38,43,47H,10,16,20H2,1-3H3. The van der Waals surface area contributed by atoms with Crippen LogP contribution in [0, 0.1) is 17.8 Å². The van der Waals surface area contributed by atoms with Gasteiger partial charge in [0.05, 0.1) is 0 Å². The summed E-state index contributed by atoms with van der Waals surface area (Å²) in [5.41, 5.74) is 11.3. The summed E-state index contributed by atoms with van der Waals surface area (Å²) in [6, 6.07) is 27.6. The maximum absolute atomic E-state index is 5.06. The second kappa shape index (κ2) is 14.3. The first-order chi connectivity index (χ1) is 24.9. The lowest BCUT2D eigenvalue weighted by Gasteiger charge is -2.28. The topological polar surface area (TPSA) is 63.1 Å². The third kappa shape index (κ3) is 7.29. The Bertz CT molecular complexity index is 2180. The van der Waals surface area contributed by atoms with E-state index in [1.165, 1.54) is 22.3 Å². The van der Waals surface area contributed by atoms with E-state index in [1.807, 2.05) is 6.07 Å². The SMILES string of the molecule is CC1=CC(C)=NC(C2=CCC(C3C=CC(c4nc(-c5ccc(C6=CCC(C)C=C6)cc5)nc(-c5ccc(-c6ccccc6)cc5)n4)=CC3)C=C2)N1. The number of nitrogens with one attached hydrogen (secondary N) is 1. The average molecular weight is 666 g/mol. The molecule has 2 heterocycles. The Morgan fingerprint density at radius 2 is 1.12 bits per heavy atom. The zero-order valence-electron chi connectivity index (χ0n) is 29.5. The zero-order chi connectivity index (χ0) is 34.7. The van der Waals surface area contributed by atoms with Gasteiger partial charge in [0.1, 0.15) is 6.17 Å². The molecule has 0 fully saturated rings. The molecule has 4 aliphatic rings. The van der Waals surface area contributed by atoms with E-state index in [1.54, 1.807) is 0 Å². The minimum Gasteiger partial charge on any atom is -0.364 e. The quantitative estimate of drug-likeness (QED) is 0.213. The molecule has 0 spiro atoms. The van der Waals surface area contributed by atoms with Gasteiger partial charge in [-0.15, -0.1) is 0 Å². The molecule has 0 radical (unpaired) electrons. The maximum atomic E-state index is 5.06. The van der Waals surface area contributed by atoms with Crippen molar-refractivity contribution < 1.29 is 0 Å².